The number of allylic oxidation sites excluding steroid dienone is 2. The van der Waals surface area contributed by atoms with Gasteiger partial charge in [-0.05, 0) is 47.6 Å². The van der Waals surface area contributed by atoms with Gasteiger partial charge in [-0.3, -0.25) is 4.79 Å². The summed E-state index contributed by atoms with van der Waals surface area (Å²) in [5.74, 6) is 1.06. The van der Waals surface area contributed by atoms with Gasteiger partial charge in [0.15, 0.2) is 5.78 Å². The number of benzene rings is 2. The predicted octanol–water partition coefficient (Wildman–Crippen LogP) is 4.30. The lowest BCUT2D eigenvalue weighted by Crippen LogP contribution is -2.11. The Balaban J connectivity index is 1.92. The van der Waals surface area contributed by atoms with Gasteiger partial charge in [0.25, 0.3) is 0 Å². The number of ketones is 1. The molecule has 0 amide bonds. The van der Waals surface area contributed by atoms with Crippen molar-refractivity contribution in [2.24, 2.45) is 11.8 Å². The molecule has 2 aromatic rings. The molecule has 0 heterocycles. The Bertz CT molecular complexity index is 741. The smallest absolute Gasteiger partial charge is 0.167 e. The number of Topliss-reactive ketones (excluding diaryl/α,β-unsaturated/α-hetero) is 1. The van der Waals surface area contributed by atoms with Crippen LogP contribution in [0.4, 0.5) is 0 Å². The van der Waals surface area contributed by atoms with Gasteiger partial charge >= 0.3 is 0 Å². The van der Waals surface area contributed by atoms with Gasteiger partial charge in [0.2, 0.25) is 0 Å². The molecule has 1 N–H and O–H groups in total. The molecule has 1 fully saturated rings. The van der Waals surface area contributed by atoms with Gasteiger partial charge in [-0.1, -0.05) is 48.9 Å². The molecular weight excluding hydrogens is 272 g/mol. The Morgan fingerprint density at radius 2 is 1.50 bits per heavy atom. The van der Waals surface area contributed by atoms with Crippen molar-refractivity contribution < 1.29 is 9.90 Å². The standard InChI is InChI=1S/C20H18O2/c21-15-11-9-14(10-12-15)18-16-7-4-8-17(16)20(22)19(18)13-5-2-1-3-6-13/h1-3,5-6,9-12,16-17,21H,4,7-8H2. The van der Waals surface area contributed by atoms with Crippen molar-refractivity contribution in [2.75, 3.05) is 0 Å². The number of rotatable bonds is 2. The summed E-state index contributed by atoms with van der Waals surface area (Å²) in [6.45, 7) is 0. The van der Waals surface area contributed by atoms with Crippen molar-refractivity contribution in [3.8, 4) is 5.75 Å². The molecule has 110 valence electrons. The molecule has 0 aliphatic heterocycles. The van der Waals surface area contributed by atoms with Crippen LogP contribution in [-0.4, -0.2) is 10.9 Å². The van der Waals surface area contributed by atoms with E-state index in [1.54, 1.807) is 12.1 Å². The van der Waals surface area contributed by atoms with Crippen molar-refractivity contribution in [3.63, 3.8) is 0 Å². The number of fused-ring (bicyclic) bond motifs is 1. The lowest BCUT2D eigenvalue weighted by molar-refractivity contribution is -0.117. The van der Waals surface area contributed by atoms with Crippen LogP contribution in [-0.2, 0) is 4.79 Å². The molecule has 0 radical (unpaired) electrons. The molecule has 2 aliphatic rings. The second-order valence-corrected chi connectivity index (χ2v) is 6.21. The van der Waals surface area contributed by atoms with E-state index in [1.165, 1.54) is 5.57 Å². The van der Waals surface area contributed by atoms with Gasteiger partial charge in [-0.25, -0.2) is 0 Å². The van der Waals surface area contributed by atoms with Crippen molar-refractivity contribution >= 4 is 16.9 Å². The number of hydrogen-bond acceptors (Lipinski definition) is 2. The normalized spacial score (nSPS) is 23.9. The Hall–Kier alpha value is -2.35. The maximum absolute atomic E-state index is 12.9. The van der Waals surface area contributed by atoms with Crippen LogP contribution in [0.3, 0.4) is 0 Å². The molecule has 0 spiro atoms. The van der Waals surface area contributed by atoms with Crippen molar-refractivity contribution in [1.82, 2.24) is 0 Å². The fraction of sp³-hybridized carbons (Fsp3) is 0.250. The molecule has 0 bridgehead atoms. The maximum atomic E-state index is 12.9. The van der Waals surface area contributed by atoms with Crippen molar-refractivity contribution in [3.05, 3.63) is 65.7 Å². The van der Waals surface area contributed by atoms with Gasteiger partial charge in [0.05, 0.1) is 0 Å². The van der Waals surface area contributed by atoms with Gasteiger partial charge < -0.3 is 5.11 Å². The molecule has 2 heteroatoms. The lowest BCUT2D eigenvalue weighted by Gasteiger charge is -2.14. The van der Waals surface area contributed by atoms with E-state index in [-0.39, 0.29) is 11.7 Å². The molecular formula is C20H18O2. The average molecular weight is 290 g/mol. The summed E-state index contributed by atoms with van der Waals surface area (Å²) in [4.78, 5) is 12.9. The van der Waals surface area contributed by atoms with E-state index in [0.717, 1.165) is 36.0 Å². The van der Waals surface area contributed by atoms with Gasteiger partial charge in [0.1, 0.15) is 5.75 Å². The minimum absolute atomic E-state index is 0.152. The molecule has 0 aromatic heterocycles. The second kappa shape index (κ2) is 5.13. The van der Waals surface area contributed by atoms with E-state index in [0.29, 0.717) is 11.7 Å². The summed E-state index contributed by atoms with van der Waals surface area (Å²) in [6.07, 6.45) is 3.22. The number of phenols is 1. The van der Waals surface area contributed by atoms with Gasteiger partial charge in [-0.15, -0.1) is 0 Å². The zero-order valence-corrected chi connectivity index (χ0v) is 12.3. The molecule has 2 aromatic carbocycles. The van der Waals surface area contributed by atoms with E-state index >= 15 is 0 Å². The van der Waals surface area contributed by atoms with E-state index in [2.05, 4.69) is 0 Å². The molecule has 4 rings (SSSR count). The van der Waals surface area contributed by atoms with Gasteiger partial charge in [0, 0.05) is 11.5 Å². The zero-order chi connectivity index (χ0) is 15.1. The molecule has 2 nitrogen and oxygen atoms in total. The van der Waals surface area contributed by atoms with E-state index in [4.69, 9.17) is 0 Å². The Labute approximate surface area is 130 Å². The summed E-state index contributed by atoms with van der Waals surface area (Å²) < 4.78 is 0. The van der Waals surface area contributed by atoms with E-state index in [9.17, 15) is 9.90 Å². The first-order chi connectivity index (χ1) is 10.8. The van der Waals surface area contributed by atoms with Gasteiger partial charge in [-0.2, -0.15) is 0 Å². The fourth-order valence-electron chi connectivity index (χ4n) is 4.02. The third kappa shape index (κ3) is 1.98. The molecule has 2 atom stereocenters. The highest BCUT2D eigenvalue weighted by molar-refractivity contribution is 6.32. The number of hydrogen-bond donors (Lipinski definition) is 1. The van der Waals surface area contributed by atoms with Crippen LogP contribution in [0.1, 0.15) is 30.4 Å². The summed E-state index contributed by atoms with van der Waals surface area (Å²) in [5, 5.41) is 9.54. The Morgan fingerprint density at radius 3 is 2.23 bits per heavy atom. The lowest BCUT2D eigenvalue weighted by atomic mass is 9.89. The topological polar surface area (TPSA) is 37.3 Å². The summed E-state index contributed by atoms with van der Waals surface area (Å²) in [6, 6.07) is 17.3. The first kappa shape index (κ1) is 13.3. The number of carbonyl (C=O) groups excluding carboxylic acids is 1. The van der Waals surface area contributed by atoms with Crippen molar-refractivity contribution in [1.29, 1.82) is 0 Å². The molecule has 0 saturated heterocycles. The largest absolute Gasteiger partial charge is 0.508 e. The third-order valence-corrected chi connectivity index (χ3v) is 4.98. The first-order valence-electron chi connectivity index (χ1n) is 7.89. The quantitative estimate of drug-likeness (QED) is 0.895. The van der Waals surface area contributed by atoms with Crippen molar-refractivity contribution in [2.45, 2.75) is 19.3 Å². The predicted molar refractivity (Wildman–Crippen MR) is 87.2 cm³/mol. The SMILES string of the molecule is O=C1C(c2ccccc2)=C(c2ccc(O)cc2)C2CCCC12. The summed E-state index contributed by atoms with van der Waals surface area (Å²) in [5.41, 5.74) is 4.16. The van der Waals surface area contributed by atoms with Crippen LogP contribution in [0, 0.1) is 11.8 Å². The van der Waals surface area contributed by atoms with Crippen LogP contribution in [0.2, 0.25) is 0 Å². The Morgan fingerprint density at radius 1 is 0.818 bits per heavy atom. The average Bonchev–Trinajstić information content (AvgIpc) is 3.12. The number of carbonyl (C=O) groups is 1. The molecule has 2 aliphatic carbocycles. The summed E-state index contributed by atoms with van der Waals surface area (Å²) >= 11 is 0. The third-order valence-electron chi connectivity index (χ3n) is 4.98. The Kier molecular flexibility index (Phi) is 3.11. The minimum atomic E-state index is 0.152. The minimum Gasteiger partial charge on any atom is -0.508 e. The first-order valence-corrected chi connectivity index (χ1v) is 7.89. The second-order valence-electron chi connectivity index (χ2n) is 6.21. The fourth-order valence-corrected chi connectivity index (χ4v) is 4.02. The van der Waals surface area contributed by atoms with Crippen LogP contribution in [0.5, 0.6) is 5.75 Å². The van der Waals surface area contributed by atoms with E-state index < -0.39 is 0 Å². The number of phenolic OH excluding ortho intramolecular Hbond substituents is 1. The van der Waals surface area contributed by atoms with Crippen LogP contribution in [0.25, 0.3) is 11.1 Å². The van der Waals surface area contributed by atoms with Crippen LogP contribution in [0.15, 0.2) is 54.6 Å². The molecule has 1 saturated carbocycles. The highest BCUT2D eigenvalue weighted by Gasteiger charge is 2.44. The number of aromatic hydroxyl groups is 1. The maximum Gasteiger partial charge on any atom is 0.167 e. The molecule has 22 heavy (non-hydrogen) atoms. The highest BCUT2D eigenvalue weighted by atomic mass is 16.3. The summed E-state index contributed by atoms with van der Waals surface area (Å²) in [7, 11) is 0. The highest BCUT2D eigenvalue weighted by Crippen LogP contribution is 2.52. The molecule has 2 unspecified atom stereocenters. The van der Waals surface area contributed by atoms with Crippen LogP contribution < -0.4 is 0 Å². The van der Waals surface area contributed by atoms with Crippen LogP contribution >= 0.6 is 0 Å². The zero-order valence-electron chi connectivity index (χ0n) is 12.3. The monoisotopic (exact) mass is 290 g/mol. The van der Waals surface area contributed by atoms with E-state index in [1.807, 2.05) is 42.5 Å².